The quantitative estimate of drug-likeness (QED) is 0.368. The van der Waals surface area contributed by atoms with Crippen molar-refractivity contribution in [3.8, 4) is 5.75 Å². The summed E-state index contributed by atoms with van der Waals surface area (Å²) in [6.45, 7) is 8.80. The molecule has 0 unspecified atom stereocenters. The predicted octanol–water partition coefficient (Wildman–Crippen LogP) is 2.97. The average molecular weight is 379 g/mol. The van der Waals surface area contributed by atoms with Gasteiger partial charge in [-0.05, 0) is 44.6 Å². The molecule has 1 aromatic carbocycles. The summed E-state index contributed by atoms with van der Waals surface area (Å²) < 4.78 is 10.3. The minimum Gasteiger partial charge on any atom is -0.493 e. The summed E-state index contributed by atoms with van der Waals surface area (Å²) in [7, 11) is 1.37. The number of carbonyl (C=O) groups excluding carboxylic acids is 2. The van der Waals surface area contributed by atoms with Crippen LogP contribution in [0.5, 0.6) is 5.75 Å². The van der Waals surface area contributed by atoms with Crippen LogP contribution in [0.3, 0.4) is 0 Å². The third-order valence-electron chi connectivity index (χ3n) is 4.54. The van der Waals surface area contributed by atoms with Gasteiger partial charge < -0.3 is 19.3 Å². The molecule has 0 fully saturated rings. The van der Waals surface area contributed by atoms with E-state index in [4.69, 9.17) is 9.47 Å². The maximum absolute atomic E-state index is 12.6. The summed E-state index contributed by atoms with van der Waals surface area (Å²) in [5.41, 5.74) is 0. The van der Waals surface area contributed by atoms with Gasteiger partial charge in [-0.3, -0.25) is 9.59 Å². The predicted molar refractivity (Wildman–Crippen MR) is 107 cm³/mol. The van der Waals surface area contributed by atoms with Crippen molar-refractivity contribution in [1.82, 2.24) is 9.80 Å². The average Bonchev–Trinajstić information content (AvgIpc) is 2.70. The van der Waals surface area contributed by atoms with Crippen LogP contribution in [0.15, 0.2) is 30.3 Å². The first-order valence-corrected chi connectivity index (χ1v) is 9.85. The molecule has 0 saturated heterocycles. The van der Waals surface area contributed by atoms with Crippen LogP contribution in [0.1, 0.15) is 39.5 Å². The zero-order chi connectivity index (χ0) is 19.9. The van der Waals surface area contributed by atoms with Crippen molar-refractivity contribution in [1.29, 1.82) is 0 Å². The highest BCUT2D eigenvalue weighted by Gasteiger charge is 2.15. The number of para-hydroxylation sites is 1. The Morgan fingerprint density at radius 3 is 2.22 bits per heavy atom. The lowest BCUT2D eigenvalue weighted by Gasteiger charge is -2.23. The fourth-order valence-electron chi connectivity index (χ4n) is 2.80. The van der Waals surface area contributed by atoms with Gasteiger partial charge >= 0.3 is 5.97 Å². The molecule has 27 heavy (non-hydrogen) atoms. The Morgan fingerprint density at radius 2 is 1.59 bits per heavy atom. The molecular formula is C21H34N2O4. The summed E-state index contributed by atoms with van der Waals surface area (Å²) in [6.07, 6.45) is 2.47. The Kier molecular flexibility index (Phi) is 11.9. The second kappa shape index (κ2) is 14.0. The van der Waals surface area contributed by atoms with Crippen molar-refractivity contribution in [2.75, 3.05) is 46.4 Å². The molecule has 1 rings (SSSR count). The topological polar surface area (TPSA) is 59.1 Å². The molecule has 152 valence electrons. The Balaban J connectivity index is 2.43. The Bertz CT molecular complexity index is 532. The van der Waals surface area contributed by atoms with Crippen molar-refractivity contribution >= 4 is 11.9 Å². The first kappa shape index (κ1) is 23.0. The number of benzene rings is 1. The van der Waals surface area contributed by atoms with E-state index in [0.29, 0.717) is 26.1 Å². The molecule has 6 nitrogen and oxygen atoms in total. The molecule has 0 aliphatic rings. The van der Waals surface area contributed by atoms with Gasteiger partial charge in [0.05, 0.1) is 26.6 Å². The van der Waals surface area contributed by atoms with Gasteiger partial charge in [-0.1, -0.05) is 32.0 Å². The van der Waals surface area contributed by atoms with Gasteiger partial charge in [-0.2, -0.15) is 0 Å². The molecule has 0 atom stereocenters. The van der Waals surface area contributed by atoms with E-state index in [2.05, 4.69) is 18.7 Å². The van der Waals surface area contributed by atoms with Crippen molar-refractivity contribution < 1.29 is 19.1 Å². The number of methoxy groups -OCH3 is 1. The standard InChI is InChI=1S/C21H34N2O4/c1-4-22(5-2)15-9-10-16-23(17-13-21(25)26-3)20(24)14-18-27-19-11-7-6-8-12-19/h6-8,11-12H,4-5,9-10,13-18H2,1-3H3. The highest BCUT2D eigenvalue weighted by Crippen LogP contribution is 2.09. The minimum absolute atomic E-state index is 0.0117. The van der Waals surface area contributed by atoms with Gasteiger partial charge in [0.15, 0.2) is 0 Å². The SMILES string of the molecule is CCN(CC)CCCCN(CCC(=O)OC)C(=O)CCOc1ccccc1. The summed E-state index contributed by atoms with van der Waals surface area (Å²) in [6, 6.07) is 9.45. The molecule has 0 bridgehead atoms. The van der Waals surface area contributed by atoms with Crippen LogP contribution in [0.4, 0.5) is 0 Å². The highest BCUT2D eigenvalue weighted by atomic mass is 16.5. The number of rotatable bonds is 14. The fourth-order valence-corrected chi connectivity index (χ4v) is 2.80. The molecule has 0 aromatic heterocycles. The van der Waals surface area contributed by atoms with E-state index in [0.717, 1.165) is 38.2 Å². The van der Waals surface area contributed by atoms with Crippen LogP contribution >= 0.6 is 0 Å². The van der Waals surface area contributed by atoms with Gasteiger partial charge in [0.2, 0.25) is 5.91 Å². The van der Waals surface area contributed by atoms with E-state index in [9.17, 15) is 9.59 Å². The van der Waals surface area contributed by atoms with Crippen molar-refractivity contribution in [3.63, 3.8) is 0 Å². The lowest BCUT2D eigenvalue weighted by molar-refractivity contribution is -0.141. The molecular weight excluding hydrogens is 344 g/mol. The molecule has 0 spiro atoms. The minimum atomic E-state index is -0.295. The number of amides is 1. The van der Waals surface area contributed by atoms with Crippen LogP contribution in [-0.2, 0) is 14.3 Å². The largest absolute Gasteiger partial charge is 0.493 e. The van der Waals surface area contributed by atoms with Gasteiger partial charge in [0, 0.05) is 13.1 Å². The first-order chi connectivity index (χ1) is 13.1. The van der Waals surface area contributed by atoms with Crippen LogP contribution in [0.2, 0.25) is 0 Å². The van der Waals surface area contributed by atoms with Crippen molar-refractivity contribution in [3.05, 3.63) is 30.3 Å². The van der Waals surface area contributed by atoms with Gasteiger partial charge in [0.25, 0.3) is 0 Å². The molecule has 0 N–H and O–H groups in total. The molecule has 0 aliphatic carbocycles. The van der Waals surface area contributed by atoms with E-state index >= 15 is 0 Å². The zero-order valence-electron chi connectivity index (χ0n) is 17.0. The number of carbonyl (C=O) groups is 2. The summed E-state index contributed by atoms with van der Waals surface area (Å²) in [5.74, 6) is 0.472. The van der Waals surface area contributed by atoms with Crippen LogP contribution in [0, 0.1) is 0 Å². The highest BCUT2D eigenvalue weighted by molar-refractivity contribution is 5.77. The van der Waals surface area contributed by atoms with E-state index < -0.39 is 0 Å². The molecule has 1 amide bonds. The zero-order valence-corrected chi connectivity index (χ0v) is 17.0. The smallest absolute Gasteiger partial charge is 0.307 e. The monoisotopic (exact) mass is 378 g/mol. The summed E-state index contributed by atoms with van der Waals surface area (Å²) >= 11 is 0. The molecule has 6 heteroatoms. The molecule has 0 aliphatic heterocycles. The number of hydrogen-bond donors (Lipinski definition) is 0. The third kappa shape index (κ3) is 9.99. The van der Waals surface area contributed by atoms with E-state index in [1.807, 2.05) is 30.3 Å². The summed E-state index contributed by atoms with van der Waals surface area (Å²) in [4.78, 5) is 28.1. The third-order valence-corrected chi connectivity index (χ3v) is 4.54. The van der Waals surface area contributed by atoms with Crippen molar-refractivity contribution in [2.45, 2.75) is 39.5 Å². The Morgan fingerprint density at radius 1 is 0.926 bits per heavy atom. The Hall–Kier alpha value is -2.08. The number of unbranched alkanes of at least 4 members (excludes halogenated alkanes) is 1. The van der Waals surface area contributed by atoms with E-state index in [1.54, 1.807) is 4.90 Å². The van der Waals surface area contributed by atoms with E-state index in [-0.39, 0.29) is 18.3 Å². The molecule has 0 saturated carbocycles. The maximum atomic E-state index is 12.6. The van der Waals surface area contributed by atoms with Gasteiger partial charge in [-0.15, -0.1) is 0 Å². The lowest BCUT2D eigenvalue weighted by atomic mass is 10.2. The van der Waals surface area contributed by atoms with Crippen LogP contribution in [-0.4, -0.2) is 68.1 Å². The molecule has 1 aromatic rings. The summed E-state index contributed by atoms with van der Waals surface area (Å²) in [5, 5.41) is 0. The number of ether oxygens (including phenoxy) is 2. The number of nitrogens with zero attached hydrogens (tertiary/aromatic N) is 2. The maximum Gasteiger partial charge on any atom is 0.307 e. The Labute approximate surface area is 163 Å². The second-order valence-electron chi connectivity index (χ2n) is 6.35. The number of hydrogen-bond acceptors (Lipinski definition) is 5. The second-order valence-corrected chi connectivity index (χ2v) is 6.35. The fraction of sp³-hybridized carbons (Fsp3) is 0.619. The lowest BCUT2D eigenvalue weighted by Crippen LogP contribution is -2.35. The first-order valence-electron chi connectivity index (χ1n) is 9.85. The molecule has 0 heterocycles. The normalized spacial score (nSPS) is 10.7. The van der Waals surface area contributed by atoms with Gasteiger partial charge in [-0.25, -0.2) is 0 Å². The van der Waals surface area contributed by atoms with Crippen LogP contribution < -0.4 is 4.74 Å². The van der Waals surface area contributed by atoms with E-state index in [1.165, 1.54) is 7.11 Å². The van der Waals surface area contributed by atoms with Crippen LogP contribution in [0.25, 0.3) is 0 Å². The van der Waals surface area contributed by atoms with Crippen molar-refractivity contribution in [2.24, 2.45) is 0 Å². The number of esters is 1. The van der Waals surface area contributed by atoms with Gasteiger partial charge in [0.1, 0.15) is 5.75 Å². The molecule has 0 radical (unpaired) electrons.